The Morgan fingerprint density at radius 1 is 1.45 bits per heavy atom. The van der Waals surface area contributed by atoms with E-state index in [4.69, 9.17) is 4.74 Å². The molecule has 0 spiro atoms. The Hall–Kier alpha value is -1.51. The van der Waals surface area contributed by atoms with Gasteiger partial charge in [-0.1, -0.05) is 0 Å². The summed E-state index contributed by atoms with van der Waals surface area (Å²) >= 11 is 0. The van der Waals surface area contributed by atoms with Crippen LogP contribution >= 0.6 is 0 Å². The van der Waals surface area contributed by atoms with Crippen LogP contribution in [0.2, 0.25) is 0 Å². The minimum Gasteiger partial charge on any atom is -0.493 e. The molecule has 0 unspecified atom stereocenters. The fraction of sp³-hybridized carbons (Fsp3) is 0.125. The lowest BCUT2D eigenvalue weighted by Gasteiger charge is -1.98. The van der Waals surface area contributed by atoms with Crippen molar-refractivity contribution in [2.45, 2.75) is 0 Å². The third kappa shape index (κ3) is 0.852. The van der Waals surface area contributed by atoms with Gasteiger partial charge >= 0.3 is 0 Å². The van der Waals surface area contributed by atoms with Gasteiger partial charge in [0.25, 0.3) is 0 Å². The Balaban J connectivity index is 2.79. The Morgan fingerprint density at radius 3 is 3.18 bits per heavy atom. The first-order valence-electron chi connectivity index (χ1n) is 3.37. The topological polar surface area (TPSA) is 37.9 Å². The molecule has 0 aliphatic carbocycles. The molecule has 0 atom stereocenters. The number of H-pyrrole nitrogens is 1. The van der Waals surface area contributed by atoms with Gasteiger partial charge in [-0.15, -0.1) is 0 Å². The minimum absolute atomic E-state index is 0.785. The average Bonchev–Trinajstić information content (AvgIpc) is 2.50. The molecule has 3 heteroatoms. The zero-order valence-electron chi connectivity index (χ0n) is 6.16. The van der Waals surface area contributed by atoms with Crippen LogP contribution in [0.25, 0.3) is 10.9 Å². The number of nitrogens with one attached hydrogen (secondary N) is 1. The number of pyridine rings is 1. The normalized spacial score (nSPS) is 10.3. The van der Waals surface area contributed by atoms with Crippen molar-refractivity contribution in [3.8, 4) is 5.75 Å². The van der Waals surface area contributed by atoms with Gasteiger partial charge in [-0.05, 0) is 6.07 Å². The van der Waals surface area contributed by atoms with Crippen molar-refractivity contribution in [1.29, 1.82) is 0 Å². The summed E-state index contributed by atoms with van der Waals surface area (Å²) in [5.41, 5.74) is 1.00. The summed E-state index contributed by atoms with van der Waals surface area (Å²) in [6.07, 6.45) is 5.36. The smallest absolute Gasteiger partial charge is 0.161 e. The first kappa shape index (κ1) is 6.22. The highest BCUT2D eigenvalue weighted by atomic mass is 16.5. The van der Waals surface area contributed by atoms with E-state index in [1.807, 2.05) is 12.3 Å². The molecule has 2 rings (SSSR count). The van der Waals surface area contributed by atoms with Crippen molar-refractivity contribution in [2.75, 3.05) is 7.11 Å². The number of methoxy groups -OCH3 is 1. The van der Waals surface area contributed by atoms with Gasteiger partial charge in [-0.2, -0.15) is 0 Å². The third-order valence-electron chi connectivity index (χ3n) is 1.65. The van der Waals surface area contributed by atoms with Crippen LogP contribution in [0.15, 0.2) is 24.7 Å². The van der Waals surface area contributed by atoms with Crippen molar-refractivity contribution in [2.24, 2.45) is 0 Å². The van der Waals surface area contributed by atoms with Gasteiger partial charge in [-0.25, -0.2) is 0 Å². The first-order valence-corrected chi connectivity index (χ1v) is 3.37. The van der Waals surface area contributed by atoms with Crippen LogP contribution in [0.4, 0.5) is 0 Å². The van der Waals surface area contributed by atoms with Crippen molar-refractivity contribution in [3.63, 3.8) is 0 Å². The van der Waals surface area contributed by atoms with Gasteiger partial charge in [0, 0.05) is 17.8 Å². The van der Waals surface area contributed by atoms with Gasteiger partial charge < -0.3 is 9.72 Å². The van der Waals surface area contributed by atoms with Crippen molar-refractivity contribution >= 4 is 10.9 Å². The molecule has 2 aromatic rings. The van der Waals surface area contributed by atoms with Gasteiger partial charge in [0.1, 0.15) is 0 Å². The molecule has 0 saturated heterocycles. The molecule has 0 fully saturated rings. The number of nitrogens with zero attached hydrogens (tertiary/aromatic N) is 1. The third-order valence-corrected chi connectivity index (χ3v) is 1.65. The van der Waals surface area contributed by atoms with E-state index >= 15 is 0 Å². The van der Waals surface area contributed by atoms with Gasteiger partial charge in [0.2, 0.25) is 0 Å². The summed E-state index contributed by atoms with van der Waals surface area (Å²) in [5, 5.41) is 1.07. The van der Waals surface area contributed by atoms with Crippen molar-refractivity contribution in [1.82, 2.24) is 9.97 Å². The Bertz CT molecular complexity index is 367. The minimum atomic E-state index is 0.785. The van der Waals surface area contributed by atoms with Crippen LogP contribution in [0, 0.1) is 0 Å². The molecule has 56 valence electrons. The Kier molecular flexibility index (Phi) is 1.28. The Morgan fingerprint density at radius 2 is 2.36 bits per heavy atom. The second-order valence-corrected chi connectivity index (χ2v) is 2.28. The highest BCUT2D eigenvalue weighted by molar-refractivity contribution is 5.83. The summed E-state index contributed by atoms with van der Waals surface area (Å²) in [4.78, 5) is 7.08. The standard InChI is InChI=1S/C8H8N2O/c1-11-7-5-9-4-6-2-3-10-8(6)7/h2-5,10H,1H3. The van der Waals surface area contributed by atoms with Crippen LogP contribution in [0.5, 0.6) is 5.75 Å². The molecule has 0 saturated carbocycles. The highest BCUT2D eigenvalue weighted by Crippen LogP contribution is 2.21. The summed E-state index contributed by atoms with van der Waals surface area (Å²) in [6, 6.07) is 1.96. The van der Waals surface area contributed by atoms with Crippen LogP contribution in [-0.2, 0) is 0 Å². The SMILES string of the molecule is COc1cncc2cc[nH]c12. The summed E-state index contributed by atoms with van der Waals surface area (Å²) in [6.45, 7) is 0. The molecule has 0 radical (unpaired) electrons. The maximum Gasteiger partial charge on any atom is 0.161 e. The lowest BCUT2D eigenvalue weighted by Crippen LogP contribution is -1.84. The van der Waals surface area contributed by atoms with Crippen LogP contribution < -0.4 is 4.74 Å². The molecule has 0 aliphatic rings. The number of aromatic nitrogens is 2. The van der Waals surface area contributed by atoms with E-state index in [0.717, 1.165) is 16.7 Å². The molecule has 0 amide bonds. The molecular weight excluding hydrogens is 140 g/mol. The van der Waals surface area contributed by atoms with Gasteiger partial charge in [0.15, 0.2) is 5.75 Å². The molecule has 11 heavy (non-hydrogen) atoms. The fourth-order valence-electron chi connectivity index (χ4n) is 1.11. The fourth-order valence-corrected chi connectivity index (χ4v) is 1.11. The molecule has 0 bridgehead atoms. The average molecular weight is 148 g/mol. The number of aromatic amines is 1. The van der Waals surface area contributed by atoms with Crippen LogP contribution in [0.1, 0.15) is 0 Å². The molecule has 2 aromatic heterocycles. The molecule has 2 heterocycles. The number of hydrogen-bond donors (Lipinski definition) is 1. The zero-order chi connectivity index (χ0) is 7.68. The van der Waals surface area contributed by atoms with E-state index in [-0.39, 0.29) is 0 Å². The molecular formula is C8H8N2O. The molecule has 1 N–H and O–H groups in total. The van der Waals surface area contributed by atoms with Crippen molar-refractivity contribution in [3.05, 3.63) is 24.7 Å². The van der Waals surface area contributed by atoms with E-state index in [9.17, 15) is 0 Å². The number of hydrogen-bond acceptors (Lipinski definition) is 2. The summed E-state index contributed by atoms with van der Waals surface area (Å²) in [7, 11) is 1.64. The number of ether oxygens (including phenoxy) is 1. The predicted octanol–water partition coefficient (Wildman–Crippen LogP) is 1.57. The van der Waals surface area contributed by atoms with Gasteiger partial charge in [-0.3, -0.25) is 4.98 Å². The molecule has 0 aliphatic heterocycles. The lowest BCUT2D eigenvalue weighted by atomic mass is 10.3. The summed E-state index contributed by atoms with van der Waals surface area (Å²) < 4.78 is 5.09. The first-order chi connectivity index (χ1) is 5.42. The second-order valence-electron chi connectivity index (χ2n) is 2.28. The second kappa shape index (κ2) is 2.27. The maximum atomic E-state index is 5.09. The monoisotopic (exact) mass is 148 g/mol. The van der Waals surface area contributed by atoms with Gasteiger partial charge in [0.05, 0.1) is 18.8 Å². The predicted molar refractivity (Wildman–Crippen MR) is 42.6 cm³/mol. The lowest BCUT2D eigenvalue weighted by molar-refractivity contribution is 0.417. The largest absolute Gasteiger partial charge is 0.493 e. The highest BCUT2D eigenvalue weighted by Gasteiger charge is 1.99. The maximum absolute atomic E-state index is 5.09. The van der Waals surface area contributed by atoms with Crippen molar-refractivity contribution < 1.29 is 4.74 Å². The quantitative estimate of drug-likeness (QED) is 0.666. The Labute approximate surface area is 64.0 Å². The molecule has 0 aromatic carbocycles. The number of rotatable bonds is 1. The van der Waals surface area contributed by atoms with Crippen LogP contribution in [-0.4, -0.2) is 17.1 Å². The van der Waals surface area contributed by atoms with E-state index in [2.05, 4.69) is 9.97 Å². The van der Waals surface area contributed by atoms with E-state index < -0.39 is 0 Å². The van der Waals surface area contributed by atoms with E-state index in [0.29, 0.717) is 0 Å². The zero-order valence-corrected chi connectivity index (χ0v) is 6.16. The van der Waals surface area contributed by atoms with Crippen LogP contribution in [0.3, 0.4) is 0 Å². The van der Waals surface area contributed by atoms with E-state index in [1.165, 1.54) is 0 Å². The number of fused-ring (bicyclic) bond motifs is 1. The van der Waals surface area contributed by atoms with E-state index in [1.54, 1.807) is 19.5 Å². The summed E-state index contributed by atoms with van der Waals surface area (Å²) in [5.74, 6) is 0.785. The molecule has 3 nitrogen and oxygen atoms in total.